The summed E-state index contributed by atoms with van der Waals surface area (Å²) in [6, 6.07) is 7.72. The van der Waals surface area contributed by atoms with Crippen LogP contribution in [0.1, 0.15) is 24.9 Å². The lowest BCUT2D eigenvalue weighted by atomic mass is 10.0. The Labute approximate surface area is 102 Å². The van der Waals surface area contributed by atoms with Crippen LogP contribution in [0.2, 0.25) is 0 Å². The minimum Gasteiger partial charge on any atom is -0.494 e. The summed E-state index contributed by atoms with van der Waals surface area (Å²) in [6.45, 7) is 3.92. The molecule has 4 heteroatoms. The summed E-state index contributed by atoms with van der Waals surface area (Å²) in [5, 5.41) is 0. The Bertz CT molecular complexity index is 350. The van der Waals surface area contributed by atoms with Crippen molar-refractivity contribution < 1.29 is 14.2 Å². The van der Waals surface area contributed by atoms with Gasteiger partial charge in [-0.05, 0) is 13.0 Å². The van der Waals surface area contributed by atoms with E-state index in [0.29, 0.717) is 26.2 Å². The summed E-state index contributed by atoms with van der Waals surface area (Å²) < 4.78 is 16.4. The van der Waals surface area contributed by atoms with Gasteiger partial charge in [0.1, 0.15) is 5.75 Å². The molecule has 0 aliphatic carbocycles. The number of ether oxygens (including phenoxy) is 3. The first-order valence-electron chi connectivity index (χ1n) is 6.01. The highest BCUT2D eigenvalue weighted by Gasteiger charge is 2.21. The molecule has 1 aliphatic heterocycles. The lowest BCUT2D eigenvalue weighted by Crippen LogP contribution is -2.20. The quantitative estimate of drug-likeness (QED) is 0.849. The number of benzene rings is 1. The molecule has 1 unspecified atom stereocenters. The van der Waals surface area contributed by atoms with Gasteiger partial charge in [-0.25, -0.2) is 0 Å². The molecule has 17 heavy (non-hydrogen) atoms. The molecule has 1 aromatic carbocycles. The van der Waals surface area contributed by atoms with Crippen molar-refractivity contribution in [2.24, 2.45) is 5.73 Å². The molecule has 1 heterocycles. The molecule has 4 nitrogen and oxygen atoms in total. The smallest absolute Gasteiger partial charge is 0.159 e. The second-order valence-corrected chi connectivity index (χ2v) is 3.98. The van der Waals surface area contributed by atoms with Gasteiger partial charge < -0.3 is 19.9 Å². The molecule has 2 N–H and O–H groups in total. The van der Waals surface area contributed by atoms with Gasteiger partial charge in [-0.2, -0.15) is 0 Å². The molecule has 2 rings (SSSR count). The first-order chi connectivity index (χ1) is 8.31. The fourth-order valence-electron chi connectivity index (χ4n) is 1.95. The Kier molecular flexibility index (Phi) is 4.36. The number of hydrogen-bond acceptors (Lipinski definition) is 4. The van der Waals surface area contributed by atoms with Crippen molar-refractivity contribution in [1.82, 2.24) is 0 Å². The van der Waals surface area contributed by atoms with Crippen molar-refractivity contribution in [3.8, 4) is 5.75 Å². The summed E-state index contributed by atoms with van der Waals surface area (Å²) in [5.74, 6) is 0.848. The summed E-state index contributed by atoms with van der Waals surface area (Å²) >= 11 is 0. The van der Waals surface area contributed by atoms with Gasteiger partial charge in [0.15, 0.2) is 6.29 Å². The Morgan fingerprint density at radius 1 is 1.35 bits per heavy atom. The van der Waals surface area contributed by atoms with Crippen LogP contribution in [0.4, 0.5) is 0 Å². The predicted molar refractivity (Wildman–Crippen MR) is 64.8 cm³/mol. The lowest BCUT2D eigenvalue weighted by molar-refractivity contribution is -0.0508. The van der Waals surface area contributed by atoms with E-state index in [1.165, 1.54) is 0 Å². The summed E-state index contributed by atoms with van der Waals surface area (Å²) in [6.07, 6.45) is 0.476. The maximum Gasteiger partial charge on any atom is 0.159 e. The third-order valence-electron chi connectivity index (χ3n) is 2.76. The first kappa shape index (κ1) is 12.4. The van der Waals surface area contributed by atoms with Gasteiger partial charge in [-0.3, -0.25) is 0 Å². The normalized spacial score (nSPS) is 18.2. The van der Waals surface area contributed by atoms with E-state index in [1.54, 1.807) is 0 Å². The van der Waals surface area contributed by atoms with E-state index in [0.717, 1.165) is 11.3 Å². The molecule has 1 aliphatic rings. The SMILES string of the molecule is CCOc1ccccc1C(N)CC1OCCO1. The Morgan fingerprint density at radius 3 is 2.76 bits per heavy atom. The van der Waals surface area contributed by atoms with Gasteiger partial charge in [-0.15, -0.1) is 0 Å². The van der Waals surface area contributed by atoms with Gasteiger partial charge >= 0.3 is 0 Å². The second-order valence-electron chi connectivity index (χ2n) is 3.98. The largest absolute Gasteiger partial charge is 0.494 e. The molecule has 0 aromatic heterocycles. The molecular weight excluding hydrogens is 218 g/mol. The van der Waals surface area contributed by atoms with Crippen molar-refractivity contribution in [3.63, 3.8) is 0 Å². The highest BCUT2D eigenvalue weighted by atomic mass is 16.7. The molecule has 1 aromatic rings. The van der Waals surface area contributed by atoms with Crippen molar-refractivity contribution >= 4 is 0 Å². The highest BCUT2D eigenvalue weighted by molar-refractivity contribution is 5.35. The maximum absolute atomic E-state index is 6.17. The van der Waals surface area contributed by atoms with Gasteiger partial charge in [0.25, 0.3) is 0 Å². The predicted octanol–water partition coefficient (Wildman–Crippen LogP) is 1.85. The molecule has 1 atom stereocenters. The van der Waals surface area contributed by atoms with Crippen molar-refractivity contribution in [2.45, 2.75) is 25.7 Å². The van der Waals surface area contributed by atoms with Crippen LogP contribution in [0.15, 0.2) is 24.3 Å². The Hall–Kier alpha value is -1.10. The third kappa shape index (κ3) is 3.19. The van der Waals surface area contributed by atoms with Crippen LogP contribution in [0.3, 0.4) is 0 Å². The second kappa shape index (κ2) is 6.00. The number of hydrogen-bond donors (Lipinski definition) is 1. The minimum absolute atomic E-state index is 0.124. The van der Waals surface area contributed by atoms with Crippen molar-refractivity contribution in [1.29, 1.82) is 0 Å². The third-order valence-corrected chi connectivity index (χ3v) is 2.76. The van der Waals surface area contributed by atoms with Crippen LogP contribution in [0, 0.1) is 0 Å². The summed E-state index contributed by atoms with van der Waals surface area (Å²) in [5.41, 5.74) is 7.17. The molecular formula is C13H19NO3. The Morgan fingerprint density at radius 2 is 2.06 bits per heavy atom. The van der Waals surface area contributed by atoms with E-state index >= 15 is 0 Å². The average Bonchev–Trinajstić information content (AvgIpc) is 2.83. The van der Waals surface area contributed by atoms with Gasteiger partial charge in [0, 0.05) is 18.0 Å². The fourth-order valence-corrected chi connectivity index (χ4v) is 1.95. The molecule has 0 saturated carbocycles. The van der Waals surface area contributed by atoms with E-state index in [1.807, 2.05) is 31.2 Å². The molecule has 0 amide bonds. The van der Waals surface area contributed by atoms with Gasteiger partial charge in [0.05, 0.1) is 19.8 Å². The lowest BCUT2D eigenvalue weighted by Gasteiger charge is -2.18. The Balaban J connectivity index is 2.03. The summed E-state index contributed by atoms with van der Waals surface area (Å²) in [4.78, 5) is 0. The fraction of sp³-hybridized carbons (Fsp3) is 0.538. The zero-order valence-corrected chi connectivity index (χ0v) is 10.1. The molecule has 1 saturated heterocycles. The van der Waals surface area contributed by atoms with Crippen LogP contribution in [0.25, 0.3) is 0 Å². The maximum atomic E-state index is 6.17. The van der Waals surface area contributed by atoms with Crippen LogP contribution >= 0.6 is 0 Å². The van der Waals surface area contributed by atoms with Crippen molar-refractivity contribution in [3.05, 3.63) is 29.8 Å². The first-order valence-corrected chi connectivity index (χ1v) is 6.01. The van der Waals surface area contributed by atoms with Crippen LogP contribution < -0.4 is 10.5 Å². The van der Waals surface area contributed by atoms with Gasteiger partial charge in [-0.1, -0.05) is 18.2 Å². The number of rotatable bonds is 5. The standard InChI is InChI=1S/C13H19NO3/c1-2-15-12-6-4-3-5-10(12)11(14)9-13-16-7-8-17-13/h3-6,11,13H,2,7-9,14H2,1H3. The van der Waals surface area contributed by atoms with Crippen LogP contribution in [-0.4, -0.2) is 26.1 Å². The van der Waals surface area contributed by atoms with Crippen molar-refractivity contribution in [2.75, 3.05) is 19.8 Å². The number of nitrogens with two attached hydrogens (primary N) is 1. The van der Waals surface area contributed by atoms with E-state index in [-0.39, 0.29) is 12.3 Å². The monoisotopic (exact) mass is 237 g/mol. The molecule has 1 fully saturated rings. The van der Waals surface area contributed by atoms with Crippen LogP contribution in [-0.2, 0) is 9.47 Å². The van der Waals surface area contributed by atoms with Crippen LogP contribution in [0.5, 0.6) is 5.75 Å². The topological polar surface area (TPSA) is 53.7 Å². The average molecular weight is 237 g/mol. The molecule has 0 spiro atoms. The molecule has 0 bridgehead atoms. The summed E-state index contributed by atoms with van der Waals surface area (Å²) in [7, 11) is 0. The zero-order valence-electron chi connectivity index (χ0n) is 10.1. The molecule has 0 radical (unpaired) electrons. The molecule has 94 valence electrons. The van der Waals surface area contributed by atoms with E-state index in [9.17, 15) is 0 Å². The van der Waals surface area contributed by atoms with E-state index in [2.05, 4.69) is 0 Å². The highest BCUT2D eigenvalue weighted by Crippen LogP contribution is 2.27. The zero-order chi connectivity index (χ0) is 12.1. The minimum atomic E-state index is -0.181. The van der Waals surface area contributed by atoms with E-state index < -0.39 is 0 Å². The van der Waals surface area contributed by atoms with E-state index in [4.69, 9.17) is 19.9 Å². The number of para-hydroxylation sites is 1. The van der Waals surface area contributed by atoms with Gasteiger partial charge in [0.2, 0.25) is 0 Å².